The van der Waals surface area contributed by atoms with E-state index >= 15 is 0 Å². The van der Waals surface area contributed by atoms with Crippen LogP contribution in [0.5, 0.6) is 0 Å². The zero-order valence-corrected chi connectivity index (χ0v) is 12.3. The van der Waals surface area contributed by atoms with Crippen LogP contribution in [0.1, 0.15) is 31.2 Å². The van der Waals surface area contributed by atoms with Crippen LogP contribution in [0.2, 0.25) is 0 Å². The van der Waals surface area contributed by atoms with Crippen LogP contribution in [-0.4, -0.2) is 31.1 Å². The van der Waals surface area contributed by atoms with Crippen molar-refractivity contribution in [2.45, 2.75) is 31.8 Å². The van der Waals surface area contributed by atoms with Crippen LogP contribution in [0.25, 0.3) is 0 Å². The standard InChI is InChI=1S/C15H19NO3S/c1-12(13-5-3-2-4-6-13)9-14(17)15(10-16)7-8-20(18,19)11-15/h2-6,12,14,17H,7-9,11H2,1H3. The van der Waals surface area contributed by atoms with Gasteiger partial charge in [0.1, 0.15) is 0 Å². The Bertz CT molecular complexity index is 606. The van der Waals surface area contributed by atoms with Gasteiger partial charge < -0.3 is 5.11 Å². The van der Waals surface area contributed by atoms with Gasteiger partial charge in [-0.2, -0.15) is 5.26 Å². The molecule has 0 radical (unpaired) electrons. The van der Waals surface area contributed by atoms with Crippen LogP contribution in [0.3, 0.4) is 0 Å². The summed E-state index contributed by atoms with van der Waals surface area (Å²) in [5, 5.41) is 19.7. The number of hydrogen-bond acceptors (Lipinski definition) is 4. The number of nitriles is 1. The Kier molecular flexibility index (Phi) is 4.17. The number of hydrogen-bond donors (Lipinski definition) is 1. The molecule has 20 heavy (non-hydrogen) atoms. The average molecular weight is 293 g/mol. The molecule has 108 valence electrons. The molecule has 1 aromatic carbocycles. The van der Waals surface area contributed by atoms with E-state index in [1.807, 2.05) is 37.3 Å². The maximum atomic E-state index is 11.6. The number of rotatable bonds is 4. The molecule has 0 spiro atoms. The van der Waals surface area contributed by atoms with E-state index in [-0.39, 0.29) is 23.8 Å². The lowest BCUT2D eigenvalue weighted by molar-refractivity contribution is 0.0661. The van der Waals surface area contributed by atoms with E-state index < -0.39 is 21.4 Å². The molecule has 1 heterocycles. The van der Waals surface area contributed by atoms with Gasteiger partial charge in [-0.3, -0.25) is 0 Å². The molecule has 0 aromatic heterocycles. The van der Waals surface area contributed by atoms with Crippen molar-refractivity contribution in [1.29, 1.82) is 5.26 Å². The summed E-state index contributed by atoms with van der Waals surface area (Å²) in [6, 6.07) is 11.8. The summed E-state index contributed by atoms with van der Waals surface area (Å²) in [6.45, 7) is 1.98. The molecule has 1 N–H and O–H groups in total. The first kappa shape index (κ1) is 15.0. The van der Waals surface area contributed by atoms with E-state index in [1.165, 1.54) is 0 Å². The highest BCUT2D eigenvalue weighted by Gasteiger charge is 2.48. The number of benzene rings is 1. The Hall–Kier alpha value is -1.38. The van der Waals surface area contributed by atoms with Crippen LogP contribution < -0.4 is 0 Å². The fourth-order valence-electron chi connectivity index (χ4n) is 2.78. The maximum absolute atomic E-state index is 11.6. The van der Waals surface area contributed by atoms with Crippen molar-refractivity contribution in [1.82, 2.24) is 0 Å². The Morgan fingerprint density at radius 1 is 1.40 bits per heavy atom. The molecule has 4 nitrogen and oxygen atoms in total. The molecule has 2 rings (SSSR count). The van der Waals surface area contributed by atoms with Gasteiger partial charge in [0.15, 0.2) is 9.84 Å². The zero-order chi connectivity index (χ0) is 14.8. The molecular weight excluding hydrogens is 274 g/mol. The third-order valence-corrected chi connectivity index (χ3v) is 5.92. The summed E-state index contributed by atoms with van der Waals surface area (Å²) < 4.78 is 23.2. The number of nitrogens with zero attached hydrogens (tertiary/aromatic N) is 1. The third-order valence-electron chi connectivity index (χ3n) is 4.14. The SMILES string of the molecule is CC(CC(O)C1(C#N)CCS(=O)(=O)C1)c1ccccc1. The minimum Gasteiger partial charge on any atom is -0.391 e. The number of aliphatic hydroxyl groups excluding tert-OH is 1. The smallest absolute Gasteiger partial charge is 0.152 e. The number of aliphatic hydroxyl groups is 1. The first-order valence-corrected chi connectivity index (χ1v) is 8.55. The molecule has 5 heteroatoms. The first-order valence-electron chi connectivity index (χ1n) is 6.73. The van der Waals surface area contributed by atoms with Gasteiger partial charge in [0, 0.05) is 0 Å². The van der Waals surface area contributed by atoms with Crippen molar-refractivity contribution in [3.8, 4) is 6.07 Å². The first-order chi connectivity index (χ1) is 9.38. The average Bonchev–Trinajstić information content (AvgIpc) is 2.76. The predicted molar refractivity (Wildman–Crippen MR) is 76.8 cm³/mol. The Labute approximate surface area is 120 Å². The highest BCUT2D eigenvalue weighted by atomic mass is 32.2. The fourth-order valence-corrected chi connectivity index (χ4v) is 4.78. The lowest BCUT2D eigenvalue weighted by Gasteiger charge is -2.28. The minimum atomic E-state index is -3.19. The van der Waals surface area contributed by atoms with Crippen LogP contribution in [0.15, 0.2) is 30.3 Å². The largest absolute Gasteiger partial charge is 0.391 e. The monoisotopic (exact) mass is 293 g/mol. The lowest BCUT2D eigenvalue weighted by atomic mass is 9.78. The second-order valence-corrected chi connectivity index (χ2v) is 7.86. The van der Waals surface area contributed by atoms with E-state index in [2.05, 4.69) is 6.07 Å². The third kappa shape index (κ3) is 3.02. The molecular formula is C15H19NO3S. The Morgan fingerprint density at radius 3 is 2.55 bits per heavy atom. The molecule has 3 unspecified atom stereocenters. The van der Waals surface area contributed by atoms with Gasteiger partial charge in [0.05, 0.1) is 29.1 Å². The van der Waals surface area contributed by atoms with Crippen LogP contribution in [0.4, 0.5) is 0 Å². The summed E-state index contributed by atoms with van der Waals surface area (Å²) >= 11 is 0. The summed E-state index contributed by atoms with van der Waals surface area (Å²) in [5.41, 5.74) is -0.0532. The zero-order valence-electron chi connectivity index (χ0n) is 11.5. The van der Waals surface area contributed by atoms with Crippen molar-refractivity contribution in [3.63, 3.8) is 0 Å². The van der Waals surface area contributed by atoms with Gasteiger partial charge in [0.2, 0.25) is 0 Å². The second-order valence-electron chi connectivity index (χ2n) is 5.67. The van der Waals surface area contributed by atoms with Gasteiger partial charge in [-0.25, -0.2) is 8.42 Å². The van der Waals surface area contributed by atoms with Gasteiger partial charge in [-0.15, -0.1) is 0 Å². The van der Waals surface area contributed by atoms with Gasteiger partial charge in [-0.1, -0.05) is 37.3 Å². The van der Waals surface area contributed by atoms with Gasteiger partial charge in [-0.05, 0) is 24.3 Å². The fraction of sp³-hybridized carbons (Fsp3) is 0.533. The van der Waals surface area contributed by atoms with Crippen LogP contribution in [0, 0.1) is 16.7 Å². The molecule has 1 aliphatic heterocycles. The topological polar surface area (TPSA) is 78.2 Å². The van der Waals surface area contributed by atoms with E-state index in [9.17, 15) is 18.8 Å². The Balaban J connectivity index is 2.12. The molecule has 0 aliphatic carbocycles. The molecule has 1 aliphatic rings. The van der Waals surface area contributed by atoms with Crippen molar-refractivity contribution < 1.29 is 13.5 Å². The van der Waals surface area contributed by atoms with Crippen LogP contribution in [-0.2, 0) is 9.84 Å². The second kappa shape index (κ2) is 5.55. The molecule has 1 aromatic rings. The molecule has 1 fully saturated rings. The van der Waals surface area contributed by atoms with Crippen molar-refractivity contribution >= 4 is 9.84 Å². The van der Waals surface area contributed by atoms with E-state index in [1.54, 1.807) is 0 Å². The summed E-state index contributed by atoms with van der Waals surface area (Å²) in [6.07, 6.45) is -0.290. The normalized spacial score (nSPS) is 27.6. The highest BCUT2D eigenvalue weighted by Crippen LogP contribution is 2.38. The number of sulfone groups is 1. The van der Waals surface area contributed by atoms with E-state index in [4.69, 9.17) is 0 Å². The van der Waals surface area contributed by atoms with Crippen molar-refractivity contribution in [2.24, 2.45) is 5.41 Å². The predicted octanol–water partition coefficient (Wildman–Crippen LogP) is 1.87. The van der Waals surface area contributed by atoms with Gasteiger partial charge >= 0.3 is 0 Å². The van der Waals surface area contributed by atoms with Crippen molar-refractivity contribution in [2.75, 3.05) is 11.5 Å². The molecule has 0 bridgehead atoms. The molecule has 3 atom stereocenters. The van der Waals surface area contributed by atoms with Gasteiger partial charge in [0.25, 0.3) is 0 Å². The highest BCUT2D eigenvalue weighted by molar-refractivity contribution is 7.91. The molecule has 0 saturated carbocycles. The molecule has 0 amide bonds. The van der Waals surface area contributed by atoms with Crippen molar-refractivity contribution in [3.05, 3.63) is 35.9 Å². The summed E-state index contributed by atoms with van der Waals surface area (Å²) in [4.78, 5) is 0. The molecule has 1 saturated heterocycles. The van der Waals surface area contributed by atoms with E-state index in [0.717, 1.165) is 5.56 Å². The van der Waals surface area contributed by atoms with Crippen LogP contribution >= 0.6 is 0 Å². The summed E-state index contributed by atoms with van der Waals surface area (Å²) in [7, 11) is -3.19. The lowest BCUT2D eigenvalue weighted by Crippen LogP contribution is -2.36. The Morgan fingerprint density at radius 2 is 2.05 bits per heavy atom. The summed E-state index contributed by atoms with van der Waals surface area (Å²) in [5.74, 6) is -0.143. The van der Waals surface area contributed by atoms with E-state index in [0.29, 0.717) is 6.42 Å². The maximum Gasteiger partial charge on any atom is 0.152 e. The quantitative estimate of drug-likeness (QED) is 0.919. The minimum absolute atomic E-state index is 0.00264.